The Balaban J connectivity index is 1.98. The van der Waals surface area contributed by atoms with Gasteiger partial charge in [0.15, 0.2) is 0 Å². The lowest BCUT2D eigenvalue weighted by molar-refractivity contribution is -0.139. The van der Waals surface area contributed by atoms with Crippen LogP contribution in [-0.2, 0) is 26.2 Å². The first-order valence-electron chi connectivity index (χ1n) is 13.5. The lowest BCUT2D eigenvalue weighted by Gasteiger charge is -2.32. The quantitative estimate of drug-likeness (QED) is 0.322. The lowest BCUT2D eigenvalue weighted by atomic mass is 10.1. The van der Waals surface area contributed by atoms with Gasteiger partial charge in [0.05, 0.1) is 17.2 Å². The molecule has 3 rings (SSSR count). The van der Waals surface area contributed by atoms with Crippen molar-refractivity contribution < 1.29 is 22.7 Å². The van der Waals surface area contributed by atoms with Gasteiger partial charge < -0.3 is 15.0 Å². The Morgan fingerprint density at radius 3 is 2.10 bits per heavy atom. The van der Waals surface area contributed by atoms with Crippen molar-refractivity contribution in [3.63, 3.8) is 0 Å². The van der Waals surface area contributed by atoms with Gasteiger partial charge in [0.1, 0.15) is 18.3 Å². The number of carbonyl (C=O) groups excluding carboxylic acids is 2. The van der Waals surface area contributed by atoms with Crippen LogP contribution < -0.4 is 14.4 Å². The second-order valence-corrected chi connectivity index (χ2v) is 11.9. The molecule has 2 amide bonds. The number of aryl methyl sites for hydroxylation is 1. The summed E-state index contributed by atoms with van der Waals surface area (Å²) >= 11 is 0. The van der Waals surface area contributed by atoms with Crippen molar-refractivity contribution in [3.05, 3.63) is 90.0 Å². The highest BCUT2D eigenvalue weighted by Gasteiger charge is 2.32. The van der Waals surface area contributed by atoms with E-state index in [-0.39, 0.29) is 23.3 Å². The molecule has 1 unspecified atom stereocenters. The zero-order chi connectivity index (χ0) is 29.3. The van der Waals surface area contributed by atoms with Crippen molar-refractivity contribution in [3.8, 4) is 5.75 Å². The average Bonchev–Trinajstić information content (AvgIpc) is 2.94. The number of carbonyl (C=O) groups is 2. The normalized spacial score (nSPS) is 12.1. The molecule has 1 N–H and O–H groups in total. The smallest absolute Gasteiger partial charge is 0.264 e. The minimum atomic E-state index is -4.14. The maximum absolute atomic E-state index is 13.9. The van der Waals surface area contributed by atoms with E-state index in [0.717, 1.165) is 15.4 Å². The third-order valence-electron chi connectivity index (χ3n) is 6.37. The maximum atomic E-state index is 13.9. The van der Waals surface area contributed by atoms with Crippen LogP contribution in [0.2, 0.25) is 0 Å². The minimum Gasteiger partial charge on any atom is -0.494 e. The molecule has 0 saturated carbocycles. The summed E-state index contributed by atoms with van der Waals surface area (Å²) in [5, 5.41) is 2.89. The van der Waals surface area contributed by atoms with E-state index in [4.69, 9.17) is 4.74 Å². The Hall–Kier alpha value is -3.85. The van der Waals surface area contributed by atoms with Gasteiger partial charge in [0.25, 0.3) is 10.0 Å². The topological polar surface area (TPSA) is 96.0 Å². The summed E-state index contributed by atoms with van der Waals surface area (Å²) in [6, 6.07) is 21.6. The molecule has 9 heteroatoms. The van der Waals surface area contributed by atoms with Crippen LogP contribution in [0.1, 0.15) is 38.8 Å². The zero-order valence-corrected chi connectivity index (χ0v) is 24.6. The molecule has 3 aromatic carbocycles. The number of ether oxygens (including phenoxy) is 1. The fraction of sp³-hybridized carbons (Fsp3) is 0.355. The summed E-state index contributed by atoms with van der Waals surface area (Å²) in [6.45, 7) is 9.99. The molecule has 0 heterocycles. The number of benzene rings is 3. The number of rotatable bonds is 13. The van der Waals surface area contributed by atoms with Gasteiger partial charge in [-0.1, -0.05) is 61.9 Å². The van der Waals surface area contributed by atoms with Crippen LogP contribution in [0.3, 0.4) is 0 Å². The van der Waals surface area contributed by atoms with Gasteiger partial charge in [-0.15, -0.1) is 0 Å². The SMILES string of the molecule is CCOc1ccc(S(=O)(=O)N(CC(=O)N(Cc2ccccc2)C(C)C(=O)NCC(C)C)c2ccc(C)cc2)cc1. The Bertz CT molecular complexity index is 1360. The summed E-state index contributed by atoms with van der Waals surface area (Å²) < 4.78 is 34.4. The molecule has 0 fully saturated rings. The third-order valence-corrected chi connectivity index (χ3v) is 8.16. The van der Waals surface area contributed by atoms with Crippen molar-refractivity contribution in [2.75, 3.05) is 24.0 Å². The predicted molar refractivity (Wildman–Crippen MR) is 158 cm³/mol. The first kappa shape index (κ1) is 30.7. The van der Waals surface area contributed by atoms with Crippen LogP contribution in [0.25, 0.3) is 0 Å². The zero-order valence-electron chi connectivity index (χ0n) is 23.8. The van der Waals surface area contributed by atoms with E-state index in [1.165, 1.54) is 17.0 Å². The monoisotopic (exact) mass is 565 g/mol. The number of hydrogen-bond donors (Lipinski definition) is 1. The largest absolute Gasteiger partial charge is 0.494 e. The van der Waals surface area contributed by atoms with Gasteiger partial charge in [-0.3, -0.25) is 13.9 Å². The molecule has 8 nitrogen and oxygen atoms in total. The van der Waals surface area contributed by atoms with E-state index in [2.05, 4.69) is 5.32 Å². The molecule has 3 aromatic rings. The molecule has 0 aromatic heterocycles. The van der Waals surface area contributed by atoms with E-state index < -0.39 is 28.5 Å². The number of nitrogens with zero attached hydrogens (tertiary/aromatic N) is 2. The van der Waals surface area contributed by atoms with Gasteiger partial charge in [-0.05, 0) is 68.7 Å². The van der Waals surface area contributed by atoms with Crippen molar-refractivity contribution >= 4 is 27.5 Å². The van der Waals surface area contributed by atoms with E-state index in [1.54, 1.807) is 43.3 Å². The summed E-state index contributed by atoms with van der Waals surface area (Å²) in [5.74, 6) is 0.000711. The van der Waals surface area contributed by atoms with Crippen LogP contribution in [0.15, 0.2) is 83.8 Å². The second-order valence-electron chi connectivity index (χ2n) is 10.1. The van der Waals surface area contributed by atoms with Crippen LogP contribution in [0.4, 0.5) is 5.69 Å². The molecule has 0 aliphatic heterocycles. The van der Waals surface area contributed by atoms with Crippen LogP contribution >= 0.6 is 0 Å². The number of hydrogen-bond acceptors (Lipinski definition) is 5. The Morgan fingerprint density at radius 1 is 0.900 bits per heavy atom. The summed E-state index contributed by atoms with van der Waals surface area (Å²) in [4.78, 5) is 28.4. The number of amides is 2. The van der Waals surface area contributed by atoms with Crippen LogP contribution in [0, 0.1) is 12.8 Å². The molecular formula is C31H39N3O5S. The molecular weight excluding hydrogens is 526 g/mol. The Morgan fingerprint density at radius 2 is 1.52 bits per heavy atom. The third kappa shape index (κ3) is 8.08. The second kappa shape index (κ2) is 14.0. The highest BCUT2D eigenvalue weighted by Crippen LogP contribution is 2.26. The summed E-state index contributed by atoms with van der Waals surface area (Å²) in [7, 11) is -4.14. The fourth-order valence-electron chi connectivity index (χ4n) is 4.06. The molecule has 214 valence electrons. The van der Waals surface area contributed by atoms with Crippen molar-refractivity contribution in [2.24, 2.45) is 5.92 Å². The number of nitrogens with one attached hydrogen (secondary N) is 1. The van der Waals surface area contributed by atoms with E-state index in [0.29, 0.717) is 24.6 Å². The number of anilines is 1. The Kier molecular flexibility index (Phi) is 10.7. The predicted octanol–water partition coefficient (Wildman–Crippen LogP) is 4.78. The lowest BCUT2D eigenvalue weighted by Crippen LogP contribution is -2.51. The first-order chi connectivity index (χ1) is 19.0. The van der Waals surface area contributed by atoms with Crippen molar-refractivity contribution in [1.29, 1.82) is 0 Å². The molecule has 1 atom stereocenters. The van der Waals surface area contributed by atoms with Gasteiger partial charge in [-0.2, -0.15) is 0 Å². The van der Waals surface area contributed by atoms with Crippen LogP contribution in [0.5, 0.6) is 5.75 Å². The molecule has 0 aliphatic rings. The summed E-state index contributed by atoms with van der Waals surface area (Å²) in [6.07, 6.45) is 0. The highest BCUT2D eigenvalue weighted by molar-refractivity contribution is 7.92. The van der Waals surface area contributed by atoms with Crippen molar-refractivity contribution in [1.82, 2.24) is 10.2 Å². The number of sulfonamides is 1. The van der Waals surface area contributed by atoms with E-state index >= 15 is 0 Å². The Labute approximate surface area is 238 Å². The average molecular weight is 566 g/mol. The molecule has 0 saturated heterocycles. The molecule has 0 radical (unpaired) electrons. The first-order valence-corrected chi connectivity index (χ1v) is 14.9. The summed E-state index contributed by atoms with van der Waals surface area (Å²) in [5.41, 5.74) is 2.13. The minimum absolute atomic E-state index is 0.0293. The highest BCUT2D eigenvalue weighted by atomic mass is 32.2. The van der Waals surface area contributed by atoms with E-state index in [1.807, 2.05) is 58.0 Å². The van der Waals surface area contributed by atoms with E-state index in [9.17, 15) is 18.0 Å². The van der Waals surface area contributed by atoms with Crippen LogP contribution in [-0.4, -0.2) is 50.9 Å². The molecule has 0 bridgehead atoms. The molecule has 0 aliphatic carbocycles. The maximum Gasteiger partial charge on any atom is 0.264 e. The van der Waals surface area contributed by atoms with Gasteiger partial charge >= 0.3 is 0 Å². The van der Waals surface area contributed by atoms with Gasteiger partial charge in [0.2, 0.25) is 11.8 Å². The van der Waals surface area contributed by atoms with Crippen molar-refractivity contribution in [2.45, 2.75) is 52.1 Å². The fourth-order valence-corrected chi connectivity index (χ4v) is 5.47. The standard InChI is InChI=1S/C31H39N3O5S/c1-6-39-28-16-18-29(19-17-28)40(37,38)34(27-14-12-24(4)13-15-27)22-30(35)33(21-26-10-8-7-9-11-26)25(5)31(36)32-20-23(2)3/h7-19,23,25H,6,20-22H2,1-5H3,(H,32,36). The van der Waals surface area contributed by atoms with Gasteiger partial charge in [0, 0.05) is 13.1 Å². The van der Waals surface area contributed by atoms with Gasteiger partial charge in [-0.25, -0.2) is 8.42 Å². The molecule has 0 spiro atoms. The molecule has 40 heavy (non-hydrogen) atoms.